The first kappa shape index (κ1) is 50.0. The third-order valence-electron chi connectivity index (χ3n) is 19.1. The number of hydrogen-bond acceptors (Lipinski definition) is 18. The van der Waals surface area contributed by atoms with E-state index in [1.807, 2.05) is 6.92 Å². The van der Waals surface area contributed by atoms with Crippen LogP contribution in [0, 0.1) is 50.2 Å². The number of fused-ring (bicyclic) bond motifs is 7. The van der Waals surface area contributed by atoms with Gasteiger partial charge in [-0.2, -0.15) is 0 Å². The van der Waals surface area contributed by atoms with E-state index in [1.54, 1.807) is 0 Å². The monoisotopic (exact) mass is 929 g/mol. The number of aliphatic hydroxyl groups excluding tert-OH is 11. The van der Waals surface area contributed by atoms with Crippen molar-refractivity contribution >= 4 is 5.97 Å². The molecule has 65 heavy (non-hydrogen) atoms. The van der Waals surface area contributed by atoms with Crippen LogP contribution in [-0.4, -0.2) is 181 Å². The van der Waals surface area contributed by atoms with Crippen LogP contribution in [0.3, 0.4) is 0 Å². The van der Waals surface area contributed by atoms with Gasteiger partial charge in [0.05, 0.1) is 37.9 Å². The zero-order valence-corrected chi connectivity index (χ0v) is 38.6. The van der Waals surface area contributed by atoms with Crippen molar-refractivity contribution in [3.8, 4) is 0 Å². The first-order valence-electron chi connectivity index (χ1n) is 23.9. The van der Waals surface area contributed by atoms with Crippen LogP contribution in [-0.2, 0) is 33.2 Å². The highest BCUT2D eigenvalue weighted by molar-refractivity contribution is 5.79. The molecule has 0 bridgehead atoms. The maximum Gasteiger partial charge on any atom is 0.315 e. The van der Waals surface area contributed by atoms with E-state index < -0.39 is 122 Å². The zero-order valence-electron chi connectivity index (χ0n) is 38.6. The summed E-state index contributed by atoms with van der Waals surface area (Å²) in [5, 5.41) is 116. The molecule has 0 radical (unpaired) electrons. The molecule has 3 heterocycles. The van der Waals surface area contributed by atoms with Crippen molar-refractivity contribution in [1.29, 1.82) is 0 Å². The van der Waals surface area contributed by atoms with Gasteiger partial charge in [0.25, 0.3) is 0 Å². The molecule has 8 aliphatic rings. The molecule has 0 amide bonds. The Morgan fingerprint density at radius 1 is 0.677 bits per heavy atom. The van der Waals surface area contributed by atoms with Gasteiger partial charge in [0, 0.05) is 5.41 Å². The smallest absolute Gasteiger partial charge is 0.315 e. The van der Waals surface area contributed by atoms with Crippen LogP contribution in [0.25, 0.3) is 0 Å². The van der Waals surface area contributed by atoms with Crippen LogP contribution in [0.2, 0.25) is 0 Å². The Morgan fingerprint density at radius 3 is 1.92 bits per heavy atom. The fourth-order valence-corrected chi connectivity index (χ4v) is 14.8. The minimum atomic E-state index is -1.77. The van der Waals surface area contributed by atoms with Gasteiger partial charge in [-0.3, -0.25) is 4.79 Å². The van der Waals surface area contributed by atoms with Gasteiger partial charge in [0.1, 0.15) is 67.1 Å². The average Bonchev–Trinajstić information content (AvgIpc) is 3.27. The summed E-state index contributed by atoms with van der Waals surface area (Å²) in [6.07, 6.45) is -12.7. The lowest BCUT2D eigenvalue weighted by Crippen LogP contribution is -2.67. The van der Waals surface area contributed by atoms with Crippen molar-refractivity contribution in [3.05, 3.63) is 11.6 Å². The molecule has 372 valence electrons. The molecule has 7 fully saturated rings. The van der Waals surface area contributed by atoms with Gasteiger partial charge in [-0.05, 0) is 104 Å². The summed E-state index contributed by atoms with van der Waals surface area (Å²) < 4.78 is 35.9. The SMILES string of the molecule is CC1(C)CCC2(C(=O)OC3OC(CO)C(O)C(O)C3O)CCC3(C)C(=CCC4C5(C)CCC(OC6OCC(O)C(O)C6OC6OC(CO)C(O)C(O)C6O)C(C)(CO)C5CCC43C)C2C1. The van der Waals surface area contributed by atoms with Crippen LogP contribution in [0.1, 0.15) is 106 Å². The highest BCUT2D eigenvalue weighted by Gasteiger charge is 2.70. The lowest BCUT2D eigenvalue weighted by Gasteiger charge is -2.71. The molecule has 18 nitrogen and oxygen atoms in total. The van der Waals surface area contributed by atoms with Crippen molar-refractivity contribution in [3.63, 3.8) is 0 Å². The Balaban J connectivity index is 1.04. The maximum absolute atomic E-state index is 14.7. The number of esters is 1. The lowest BCUT2D eigenvalue weighted by molar-refractivity contribution is -0.368. The largest absolute Gasteiger partial charge is 0.432 e. The number of hydrogen-bond donors (Lipinski definition) is 11. The van der Waals surface area contributed by atoms with Crippen molar-refractivity contribution in [2.24, 2.45) is 50.2 Å². The van der Waals surface area contributed by atoms with Crippen molar-refractivity contribution in [2.75, 3.05) is 26.4 Å². The zero-order chi connectivity index (χ0) is 47.4. The van der Waals surface area contributed by atoms with Gasteiger partial charge >= 0.3 is 5.97 Å². The molecule has 0 aromatic rings. The van der Waals surface area contributed by atoms with E-state index in [0.29, 0.717) is 25.7 Å². The Hall–Kier alpha value is -1.43. The number of ether oxygens (including phenoxy) is 6. The topological polar surface area (TPSA) is 295 Å². The van der Waals surface area contributed by atoms with E-state index in [0.717, 1.165) is 38.5 Å². The lowest BCUT2D eigenvalue weighted by atomic mass is 9.33. The second kappa shape index (κ2) is 17.8. The highest BCUT2D eigenvalue weighted by Crippen LogP contribution is 2.76. The number of carbonyl (C=O) groups excluding carboxylic acids is 1. The first-order chi connectivity index (χ1) is 30.5. The predicted octanol–water partition coefficient (Wildman–Crippen LogP) is -0.248. The number of aliphatic hydroxyl groups is 11. The summed E-state index contributed by atoms with van der Waals surface area (Å²) in [4.78, 5) is 14.7. The summed E-state index contributed by atoms with van der Waals surface area (Å²) in [6, 6.07) is 0. The molecule has 0 aromatic heterocycles. The third kappa shape index (κ3) is 7.80. The predicted molar refractivity (Wildman–Crippen MR) is 226 cm³/mol. The van der Waals surface area contributed by atoms with E-state index >= 15 is 0 Å². The molecule has 11 N–H and O–H groups in total. The fraction of sp³-hybridized carbons (Fsp3) is 0.936. The maximum atomic E-state index is 14.7. The van der Waals surface area contributed by atoms with Gasteiger partial charge in [-0.15, -0.1) is 0 Å². The van der Waals surface area contributed by atoms with E-state index in [-0.39, 0.29) is 52.6 Å². The standard InChI is InChI=1S/C47H76O18/c1-42(2)13-15-47(41(59)65-39-36(58)34(56)32(54)26(19-49)62-39)16-14-45(5)22(23(47)17-42)7-8-28-43(3)11-10-29(44(4,21-50)27(43)9-12-46(28,45)6)63-40-37(30(52)24(51)20-60-40)64-38-35(57)33(55)31(53)25(18-48)61-38/h7,23-40,48-58H,8-21H2,1-6H3. The van der Waals surface area contributed by atoms with Gasteiger partial charge in [-0.1, -0.05) is 53.2 Å². The fourth-order valence-electron chi connectivity index (χ4n) is 14.8. The molecule has 0 spiro atoms. The third-order valence-corrected chi connectivity index (χ3v) is 19.1. The summed E-state index contributed by atoms with van der Waals surface area (Å²) >= 11 is 0. The highest BCUT2D eigenvalue weighted by atomic mass is 16.8. The van der Waals surface area contributed by atoms with E-state index in [2.05, 4.69) is 40.7 Å². The number of carbonyl (C=O) groups is 1. The summed E-state index contributed by atoms with van der Waals surface area (Å²) in [5.41, 5.74) is -1.32. The Bertz CT molecular complexity index is 1760. The molecule has 3 aliphatic heterocycles. The second-order valence-corrected chi connectivity index (χ2v) is 22.9. The van der Waals surface area contributed by atoms with Crippen molar-refractivity contribution < 1.29 is 89.4 Å². The molecule has 0 aromatic carbocycles. The van der Waals surface area contributed by atoms with Gasteiger partial charge in [0.15, 0.2) is 12.6 Å². The number of rotatable bonds is 9. The van der Waals surface area contributed by atoms with E-state index in [1.165, 1.54) is 5.57 Å². The minimum Gasteiger partial charge on any atom is -0.432 e. The molecule has 3 saturated heterocycles. The van der Waals surface area contributed by atoms with Gasteiger partial charge < -0.3 is 84.6 Å². The van der Waals surface area contributed by atoms with Crippen molar-refractivity contribution in [1.82, 2.24) is 0 Å². The molecule has 23 unspecified atom stereocenters. The first-order valence-corrected chi connectivity index (χ1v) is 23.9. The Labute approximate surface area is 380 Å². The molecule has 4 saturated carbocycles. The van der Waals surface area contributed by atoms with Crippen LogP contribution >= 0.6 is 0 Å². The van der Waals surface area contributed by atoms with Gasteiger partial charge in [-0.25, -0.2) is 0 Å². The van der Waals surface area contributed by atoms with Crippen LogP contribution in [0.5, 0.6) is 0 Å². The molecule has 5 aliphatic carbocycles. The Morgan fingerprint density at radius 2 is 1.29 bits per heavy atom. The average molecular weight is 929 g/mol. The van der Waals surface area contributed by atoms with Gasteiger partial charge in [0.2, 0.25) is 6.29 Å². The van der Waals surface area contributed by atoms with E-state index in [9.17, 15) is 61.0 Å². The molecular formula is C47H76O18. The summed E-state index contributed by atoms with van der Waals surface area (Å²) in [6.45, 7) is 11.8. The van der Waals surface area contributed by atoms with Crippen LogP contribution in [0.15, 0.2) is 11.6 Å². The van der Waals surface area contributed by atoms with Crippen LogP contribution < -0.4 is 0 Å². The Kier molecular flexibility index (Phi) is 13.7. The van der Waals surface area contributed by atoms with Crippen molar-refractivity contribution in [2.45, 2.75) is 198 Å². The summed E-state index contributed by atoms with van der Waals surface area (Å²) in [5.74, 6) is -0.510. The summed E-state index contributed by atoms with van der Waals surface area (Å²) in [7, 11) is 0. The number of allylic oxidation sites excluding steroid dienone is 2. The van der Waals surface area contributed by atoms with Crippen LogP contribution in [0.4, 0.5) is 0 Å². The minimum absolute atomic E-state index is 0.0240. The second-order valence-electron chi connectivity index (χ2n) is 22.9. The normalized spacial score (nSPS) is 54.3. The molecular weight excluding hydrogens is 852 g/mol. The molecule has 18 heteroatoms. The van der Waals surface area contributed by atoms with E-state index in [4.69, 9.17) is 28.4 Å². The molecule has 8 rings (SSSR count). The quantitative estimate of drug-likeness (QED) is 0.0808. The molecule has 23 atom stereocenters.